The van der Waals surface area contributed by atoms with Gasteiger partial charge in [-0.3, -0.25) is 9.78 Å². The molecule has 0 spiro atoms. The molecule has 2 heterocycles. The third kappa shape index (κ3) is 4.05. The highest BCUT2D eigenvalue weighted by Crippen LogP contribution is 2.09. The lowest BCUT2D eigenvalue weighted by Gasteiger charge is -2.09. The predicted octanol–water partition coefficient (Wildman–Crippen LogP) is 2.19. The molecule has 5 nitrogen and oxygen atoms in total. The number of carbonyl (C=O) groups is 1. The van der Waals surface area contributed by atoms with E-state index >= 15 is 0 Å². The predicted molar refractivity (Wildman–Crippen MR) is 75.4 cm³/mol. The molecule has 0 saturated carbocycles. The lowest BCUT2D eigenvalue weighted by Crippen LogP contribution is -2.23. The van der Waals surface area contributed by atoms with Crippen LogP contribution in [0.5, 0.6) is 5.88 Å². The smallest absolute Gasteiger partial charge is 0.253 e. The number of hydrogen-bond donors (Lipinski definition) is 1. The molecule has 0 aliphatic carbocycles. The van der Waals surface area contributed by atoms with Crippen molar-refractivity contribution >= 4 is 5.91 Å². The average Bonchev–Trinajstić information content (AvgIpc) is 2.46. The van der Waals surface area contributed by atoms with E-state index in [4.69, 9.17) is 4.74 Å². The van der Waals surface area contributed by atoms with E-state index < -0.39 is 0 Å². The van der Waals surface area contributed by atoms with Gasteiger partial charge in [0.05, 0.1) is 23.9 Å². The topological polar surface area (TPSA) is 64.1 Å². The van der Waals surface area contributed by atoms with E-state index in [1.165, 1.54) is 6.20 Å². The summed E-state index contributed by atoms with van der Waals surface area (Å²) in [6.45, 7) is 4.24. The standard InChI is InChI=1S/C15H17N3O2/c1-11(2)20-14-7-6-12(9-17-14)15(19)18-10-13-5-3-4-8-16-13/h3-9,11H,10H2,1-2H3,(H,18,19). The van der Waals surface area contributed by atoms with Gasteiger partial charge in [-0.2, -0.15) is 0 Å². The largest absolute Gasteiger partial charge is 0.475 e. The SMILES string of the molecule is CC(C)Oc1ccc(C(=O)NCc2ccccn2)cn1. The highest BCUT2D eigenvalue weighted by Gasteiger charge is 2.07. The average molecular weight is 271 g/mol. The molecule has 2 aromatic heterocycles. The van der Waals surface area contributed by atoms with Gasteiger partial charge in [0.25, 0.3) is 5.91 Å². The Labute approximate surface area is 118 Å². The molecule has 2 rings (SSSR count). The van der Waals surface area contributed by atoms with E-state index in [-0.39, 0.29) is 12.0 Å². The van der Waals surface area contributed by atoms with Crippen LogP contribution in [0.3, 0.4) is 0 Å². The van der Waals surface area contributed by atoms with Crippen LogP contribution >= 0.6 is 0 Å². The maximum atomic E-state index is 11.9. The van der Waals surface area contributed by atoms with E-state index in [0.29, 0.717) is 18.0 Å². The van der Waals surface area contributed by atoms with E-state index in [1.807, 2.05) is 32.0 Å². The molecule has 104 valence electrons. The molecule has 0 aromatic carbocycles. The number of hydrogen-bond acceptors (Lipinski definition) is 4. The minimum Gasteiger partial charge on any atom is -0.475 e. The minimum absolute atomic E-state index is 0.0614. The Bertz CT molecular complexity index is 553. The molecule has 5 heteroatoms. The van der Waals surface area contributed by atoms with Gasteiger partial charge < -0.3 is 10.1 Å². The number of aromatic nitrogens is 2. The van der Waals surface area contributed by atoms with Crippen LogP contribution < -0.4 is 10.1 Å². The third-order valence-corrected chi connectivity index (χ3v) is 2.51. The summed E-state index contributed by atoms with van der Waals surface area (Å²) in [4.78, 5) is 20.2. The van der Waals surface area contributed by atoms with Crippen LogP contribution in [0, 0.1) is 0 Å². The summed E-state index contributed by atoms with van der Waals surface area (Å²) < 4.78 is 5.43. The summed E-state index contributed by atoms with van der Waals surface area (Å²) in [6, 6.07) is 8.96. The molecule has 0 aliphatic rings. The van der Waals surface area contributed by atoms with Crippen molar-refractivity contribution in [2.75, 3.05) is 0 Å². The fraction of sp³-hybridized carbons (Fsp3) is 0.267. The minimum atomic E-state index is -0.181. The Morgan fingerprint density at radius 1 is 1.25 bits per heavy atom. The van der Waals surface area contributed by atoms with Gasteiger partial charge in [0.2, 0.25) is 5.88 Å². The first-order chi connectivity index (χ1) is 9.65. The molecular formula is C15H17N3O2. The van der Waals surface area contributed by atoms with Crippen molar-refractivity contribution in [1.82, 2.24) is 15.3 Å². The lowest BCUT2D eigenvalue weighted by molar-refractivity contribution is 0.0950. The number of nitrogens with one attached hydrogen (secondary N) is 1. The van der Waals surface area contributed by atoms with Gasteiger partial charge in [-0.25, -0.2) is 4.98 Å². The molecule has 0 fully saturated rings. The summed E-state index contributed by atoms with van der Waals surface area (Å²) in [7, 11) is 0. The lowest BCUT2D eigenvalue weighted by atomic mass is 10.2. The highest BCUT2D eigenvalue weighted by atomic mass is 16.5. The Kier molecular flexibility index (Phi) is 4.65. The molecule has 0 atom stereocenters. The van der Waals surface area contributed by atoms with Crippen molar-refractivity contribution in [2.45, 2.75) is 26.5 Å². The summed E-state index contributed by atoms with van der Waals surface area (Å²) >= 11 is 0. The van der Waals surface area contributed by atoms with Crippen LogP contribution in [-0.2, 0) is 6.54 Å². The monoisotopic (exact) mass is 271 g/mol. The molecule has 2 aromatic rings. The molecule has 0 saturated heterocycles. The van der Waals surface area contributed by atoms with Crippen LogP contribution in [0.1, 0.15) is 29.9 Å². The molecule has 0 aliphatic heterocycles. The van der Waals surface area contributed by atoms with E-state index in [1.54, 1.807) is 18.3 Å². The molecule has 1 amide bonds. The highest BCUT2D eigenvalue weighted by molar-refractivity contribution is 5.93. The second kappa shape index (κ2) is 6.65. The maximum Gasteiger partial charge on any atom is 0.253 e. The zero-order valence-corrected chi connectivity index (χ0v) is 11.5. The van der Waals surface area contributed by atoms with Gasteiger partial charge in [-0.15, -0.1) is 0 Å². The van der Waals surface area contributed by atoms with Crippen molar-refractivity contribution in [3.63, 3.8) is 0 Å². The zero-order chi connectivity index (χ0) is 14.4. The van der Waals surface area contributed by atoms with Gasteiger partial charge in [0, 0.05) is 18.5 Å². The number of pyridine rings is 2. The second-order valence-electron chi connectivity index (χ2n) is 4.56. The molecular weight excluding hydrogens is 254 g/mol. The van der Waals surface area contributed by atoms with Crippen molar-refractivity contribution in [2.24, 2.45) is 0 Å². The quantitative estimate of drug-likeness (QED) is 0.905. The number of amides is 1. The maximum absolute atomic E-state index is 11.9. The molecule has 0 bridgehead atoms. The van der Waals surface area contributed by atoms with Crippen molar-refractivity contribution in [3.05, 3.63) is 54.0 Å². The summed E-state index contributed by atoms with van der Waals surface area (Å²) in [5.74, 6) is 0.334. The van der Waals surface area contributed by atoms with Crippen LogP contribution in [-0.4, -0.2) is 22.0 Å². The van der Waals surface area contributed by atoms with Crippen LogP contribution in [0.2, 0.25) is 0 Å². The first-order valence-corrected chi connectivity index (χ1v) is 6.46. The van der Waals surface area contributed by atoms with Gasteiger partial charge in [-0.1, -0.05) is 6.07 Å². The zero-order valence-electron chi connectivity index (χ0n) is 11.5. The van der Waals surface area contributed by atoms with Crippen molar-refractivity contribution < 1.29 is 9.53 Å². The Morgan fingerprint density at radius 3 is 2.70 bits per heavy atom. The van der Waals surface area contributed by atoms with Crippen molar-refractivity contribution in [1.29, 1.82) is 0 Å². The molecule has 20 heavy (non-hydrogen) atoms. The number of carbonyl (C=O) groups excluding carboxylic acids is 1. The summed E-state index contributed by atoms with van der Waals surface area (Å²) in [5, 5.41) is 2.79. The van der Waals surface area contributed by atoms with E-state index in [0.717, 1.165) is 5.69 Å². The fourth-order valence-corrected chi connectivity index (χ4v) is 1.60. The van der Waals surface area contributed by atoms with Crippen LogP contribution in [0.4, 0.5) is 0 Å². The summed E-state index contributed by atoms with van der Waals surface area (Å²) in [5.41, 5.74) is 1.31. The summed E-state index contributed by atoms with van der Waals surface area (Å²) in [6.07, 6.45) is 3.26. The van der Waals surface area contributed by atoms with Crippen LogP contribution in [0.25, 0.3) is 0 Å². The third-order valence-electron chi connectivity index (χ3n) is 2.51. The molecule has 0 unspecified atom stereocenters. The normalized spacial score (nSPS) is 10.3. The van der Waals surface area contributed by atoms with Gasteiger partial charge in [0.1, 0.15) is 0 Å². The van der Waals surface area contributed by atoms with E-state index in [2.05, 4.69) is 15.3 Å². The number of ether oxygens (including phenoxy) is 1. The number of nitrogens with zero attached hydrogens (tertiary/aromatic N) is 2. The first-order valence-electron chi connectivity index (χ1n) is 6.46. The van der Waals surface area contributed by atoms with Gasteiger partial charge in [0.15, 0.2) is 0 Å². The molecule has 0 radical (unpaired) electrons. The van der Waals surface area contributed by atoms with Gasteiger partial charge in [-0.05, 0) is 32.0 Å². The second-order valence-corrected chi connectivity index (χ2v) is 4.56. The van der Waals surface area contributed by atoms with Gasteiger partial charge >= 0.3 is 0 Å². The Morgan fingerprint density at radius 2 is 2.10 bits per heavy atom. The first kappa shape index (κ1) is 14.0. The Balaban J connectivity index is 1.92. The fourth-order valence-electron chi connectivity index (χ4n) is 1.60. The Hall–Kier alpha value is -2.43. The molecule has 1 N–H and O–H groups in total. The van der Waals surface area contributed by atoms with Crippen molar-refractivity contribution in [3.8, 4) is 5.88 Å². The van der Waals surface area contributed by atoms with E-state index in [9.17, 15) is 4.79 Å². The van der Waals surface area contributed by atoms with Crippen LogP contribution in [0.15, 0.2) is 42.7 Å². The number of rotatable bonds is 5.